The van der Waals surface area contributed by atoms with Crippen LogP contribution in [0.1, 0.15) is 10.7 Å². The van der Waals surface area contributed by atoms with Crippen molar-refractivity contribution in [2.75, 3.05) is 4.72 Å². The molecule has 0 bridgehead atoms. The molecule has 2 rings (SSSR count). The fourth-order valence-corrected chi connectivity index (χ4v) is 3.28. The van der Waals surface area contributed by atoms with Gasteiger partial charge in [0, 0.05) is 11.4 Å². The molecule has 0 atom stereocenters. The van der Waals surface area contributed by atoms with Gasteiger partial charge in [0.05, 0.1) is 0 Å². The molecule has 0 radical (unpaired) electrons. The maximum atomic E-state index is 11.9. The highest BCUT2D eigenvalue weighted by atomic mass is 32.2. The molecule has 0 spiro atoms. The average molecular weight is 274 g/mol. The van der Waals surface area contributed by atoms with Crippen molar-refractivity contribution < 1.29 is 12.9 Å². The predicted molar refractivity (Wildman–Crippen MR) is 62.1 cm³/mol. The molecule has 3 N–H and O–H groups in total. The largest absolute Gasteiger partial charge is 0.335 e. The molecule has 0 aliphatic heterocycles. The lowest BCUT2D eigenvalue weighted by Gasteiger charge is -1.99. The van der Waals surface area contributed by atoms with Gasteiger partial charge in [-0.1, -0.05) is 5.16 Å². The third-order valence-corrected chi connectivity index (χ3v) is 4.77. The highest BCUT2D eigenvalue weighted by molar-refractivity contribution is 7.94. The molecule has 2 aromatic heterocycles. The van der Waals surface area contributed by atoms with E-state index in [0.717, 1.165) is 16.2 Å². The van der Waals surface area contributed by atoms with E-state index in [9.17, 15) is 8.42 Å². The Morgan fingerprint density at radius 2 is 2.29 bits per heavy atom. The molecule has 0 aromatic carbocycles. The summed E-state index contributed by atoms with van der Waals surface area (Å²) in [4.78, 5) is 4.54. The SMILES string of the molecule is Cc1noc(NS(=O)(=O)c2ccc(CN)s2)n1. The maximum absolute atomic E-state index is 11.9. The molecule has 0 saturated heterocycles. The Morgan fingerprint density at radius 1 is 1.53 bits per heavy atom. The molecule has 9 heteroatoms. The van der Waals surface area contributed by atoms with Crippen LogP contribution < -0.4 is 10.5 Å². The lowest BCUT2D eigenvalue weighted by molar-refractivity contribution is 0.429. The first-order valence-corrected chi connectivity index (χ1v) is 6.93. The van der Waals surface area contributed by atoms with Gasteiger partial charge in [0.1, 0.15) is 4.21 Å². The van der Waals surface area contributed by atoms with Crippen LogP contribution in [0.3, 0.4) is 0 Å². The summed E-state index contributed by atoms with van der Waals surface area (Å²) in [6.45, 7) is 1.90. The zero-order chi connectivity index (χ0) is 12.5. The van der Waals surface area contributed by atoms with E-state index < -0.39 is 10.0 Å². The van der Waals surface area contributed by atoms with Gasteiger partial charge >= 0.3 is 6.01 Å². The minimum absolute atomic E-state index is 0.148. The van der Waals surface area contributed by atoms with Gasteiger partial charge < -0.3 is 10.3 Å². The molecule has 0 aliphatic carbocycles. The first-order chi connectivity index (χ1) is 8.01. The second-order valence-electron chi connectivity index (χ2n) is 3.18. The number of nitrogens with zero attached hydrogens (tertiary/aromatic N) is 2. The minimum atomic E-state index is -3.67. The average Bonchev–Trinajstić information content (AvgIpc) is 2.86. The minimum Gasteiger partial charge on any atom is -0.326 e. The molecule has 2 aromatic rings. The summed E-state index contributed by atoms with van der Waals surface area (Å²) in [6.07, 6.45) is 0. The molecule has 92 valence electrons. The highest BCUT2D eigenvalue weighted by Crippen LogP contribution is 2.23. The van der Waals surface area contributed by atoms with Crippen LogP contribution in [-0.2, 0) is 16.6 Å². The third-order valence-electron chi connectivity index (χ3n) is 1.85. The van der Waals surface area contributed by atoms with Gasteiger partial charge in [0.25, 0.3) is 10.0 Å². The van der Waals surface area contributed by atoms with E-state index in [-0.39, 0.29) is 10.2 Å². The first-order valence-electron chi connectivity index (χ1n) is 4.63. The molecular weight excluding hydrogens is 264 g/mol. The van der Waals surface area contributed by atoms with Gasteiger partial charge in [-0.05, 0) is 19.1 Å². The predicted octanol–water partition coefficient (Wildman–Crippen LogP) is 0.699. The summed E-state index contributed by atoms with van der Waals surface area (Å²) in [5.41, 5.74) is 5.42. The molecular formula is C8H10N4O3S2. The number of aromatic nitrogens is 2. The number of hydrogen-bond acceptors (Lipinski definition) is 7. The van der Waals surface area contributed by atoms with Gasteiger partial charge in [-0.15, -0.1) is 11.3 Å². The Balaban J connectivity index is 2.24. The second-order valence-corrected chi connectivity index (χ2v) is 6.25. The van der Waals surface area contributed by atoms with Gasteiger partial charge in [-0.2, -0.15) is 4.98 Å². The van der Waals surface area contributed by atoms with E-state index in [2.05, 4.69) is 19.4 Å². The fraction of sp³-hybridized carbons (Fsp3) is 0.250. The van der Waals surface area contributed by atoms with Gasteiger partial charge in [-0.3, -0.25) is 0 Å². The maximum Gasteiger partial charge on any atom is 0.335 e. The lowest BCUT2D eigenvalue weighted by Crippen LogP contribution is -2.11. The van der Waals surface area contributed by atoms with Crippen LogP contribution in [0.5, 0.6) is 0 Å². The van der Waals surface area contributed by atoms with Gasteiger partial charge in [-0.25, -0.2) is 13.1 Å². The molecule has 0 aliphatic rings. The number of aryl methyl sites for hydroxylation is 1. The van der Waals surface area contributed by atoms with Crippen molar-refractivity contribution in [1.82, 2.24) is 10.1 Å². The number of nitrogens with two attached hydrogens (primary N) is 1. The van der Waals surface area contributed by atoms with Crippen LogP contribution >= 0.6 is 11.3 Å². The first kappa shape index (κ1) is 12.0. The number of nitrogens with one attached hydrogen (secondary N) is 1. The lowest BCUT2D eigenvalue weighted by atomic mass is 10.5. The van der Waals surface area contributed by atoms with Crippen molar-refractivity contribution in [2.45, 2.75) is 17.7 Å². The van der Waals surface area contributed by atoms with Crippen molar-refractivity contribution in [3.8, 4) is 0 Å². The van der Waals surface area contributed by atoms with Crippen molar-refractivity contribution in [3.05, 3.63) is 22.8 Å². The van der Waals surface area contributed by atoms with Crippen molar-refractivity contribution in [3.63, 3.8) is 0 Å². The highest BCUT2D eigenvalue weighted by Gasteiger charge is 2.19. The van der Waals surface area contributed by atoms with E-state index >= 15 is 0 Å². The van der Waals surface area contributed by atoms with E-state index in [0.29, 0.717) is 12.4 Å². The van der Waals surface area contributed by atoms with Crippen molar-refractivity contribution >= 4 is 27.4 Å². The van der Waals surface area contributed by atoms with E-state index in [1.54, 1.807) is 13.0 Å². The number of sulfonamides is 1. The van der Waals surface area contributed by atoms with Crippen molar-refractivity contribution in [1.29, 1.82) is 0 Å². The van der Waals surface area contributed by atoms with Crippen LogP contribution in [0, 0.1) is 6.92 Å². The zero-order valence-electron chi connectivity index (χ0n) is 8.87. The Morgan fingerprint density at radius 3 is 2.82 bits per heavy atom. The molecule has 17 heavy (non-hydrogen) atoms. The monoisotopic (exact) mass is 274 g/mol. The summed E-state index contributed by atoms with van der Waals surface area (Å²) in [5.74, 6) is 0.358. The Hall–Kier alpha value is -1.45. The smallest absolute Gasteiger partial charge is 0.326 e. The number of anilines is 1. The van der Waals surface area contributed by atoms with Crippen LogP contribution in [0.15, 0.2) is 20.9 Å². The van der Waals surface area contributed by atoms with E-state index in [4.69, 9.17) is 5.73 Å². The molecule has 2 heterocycles. The Labute approximate surface area is 102 Å². The Bertz CT molecular complexity index is 616. The molecule has 0 unspecified atom stereocenters. The molecule has 0 amide bonds. The topological polar surface area (TPSA) is 111 Å². The number of hydrogen-bond donors (Lipinski definition) is 2. The number of thiophene rings is 1. The van der Waals surface area contributed by atoms with Crippen molar-refractivity contribution in [2.24, 2.45) is 5.73 Å². The second kappa shape index (κ2) is 4.43. The summed E-state index contributed by atoms with van der Waals surface area (Å²) < 4.78 is 30.8. The van der Waals surface area contributed by atoms with E-state index in [1.807, 2.05) is 0 Å². The van der Waals surface area contributed by atoms with Crippen LogP contribution in [0.2, 0.25) is 0 Å². The normalized spacial score (nSPS) is 11.6. The van der Waals surface area contributed by atoms with Gasteiger partial charge in [0.15, 0.2) is 5.82 Å². The summed E-state index contributed by atoms with van der Waals surface area (Å²) in [5, 5.41) is 3.49. The molecule has 7 nitrogen and oxygen atoms in total. The van der Waals surface area contributed by atoms with Crippen LogP contribution in [0.4, 0.5) is 6.01 Å². The standard InChI is InChI=1S/C8H10N4O3S2/c1-5-10-8(15-11-5)12-17(13,14)7-3-2-6(4-9)16-7/h2-3H,4,9H2,1H3,(H,10,11,12). The summed E-state index contributed by atoms with van der Waals surface area (Å²) in [6, 6.07) is 3.00. The van der Waals surface area contributed by atoms with Crippen LogP contribution in [-0.4, -0.2) is 18.6 Å². The van der Waals surface area contributed by atoms with E-state index in [1.165, 1.54) is 6.07 Å². The third kappa shape index (κ3) is 2.62. The summed E-state index contributed by atoms with van der Waals surface area (Å²) >= 11 is 1.10. The van der Waals surface area contributed by atoms with Gasteiger partial charge in [0.2, 0.25) is 0 Å². The molecule has 0 saturated carbocycles. The zero-order valence-corrected chi connectivity index (χ0v) is 10.5. The Kier molecular flexibility index (Phi) is 3.13. The van der Waals surface area contributed by atoms with Crippen LogP contribution in [0.25, 0.3) is 0 Å². The number of rotatable bonds is 4. The molecule has 0 fully saturated rings. The fourth-order valence-electron chi connectivity index (χ4n) is 1.12. The quantitative estimate of drug-likeness (QED) is 0.848. The summed E-state index contributed by atoms with van der Waals surface area (Å²) in [7, 11) is -3.67.